The molecule has 0 heterocycles. The minimum Gasteiger partial charge on any atom is -0.378 e. The Morgan fingerprint density at radius 3 is 2.42 bits per heavy atom. The van der Waals surface area contributed by atoms with Gasteiger partial charge in [0.15, 0.2) is 0 Å². The van der Waals surface area contributed by atoms with Crippen LogP contribution in [0.5, 0.6) is 0 Å². The number of hydrogen-bond acceptors (Lipinski definition) is 2. The van der Waals surface area contributed by atoms with Gasteiger partial charge in [-0.1, -0.05) is 12.8 Å². The highest BCUT2D eigenvalue weighted by Gasteiger charge is 2.31. The number of alkyl halides is 3. The summed E-state index contributed by atoms with van der Waals surface area (Å²) in [6.07, 6.45) is -0.843. The van der Waals surface area contributed by atoms with Crippen LogP contribution in [0.4, 0.5) is 23.2 Å². The average Bonchev–Trinajstić information content (AvgIpc) is 2.33. The van der Waals surface area contributed by atoms with Crippen LogP contribution in [0.25, 0.3) is 0 Å². The Morgan fingerprint density at radius 1 is 1.16 bits per heavy atom. The van der Waals surface area contributed by atoms with Crippen molar-refractivity contribution in [3.05, 3.63) is 29.6 Å². The fourth-order valence-electron chi connectivity index (χ4n) is 2.35. The molecule has 0 bridgehead atoms. The second kappa shape index (κ2) is 5.36. The van der Waals surface area contributed by atoms with Crippen LogP contribution in [-0.4, -0.2) is 12.1 Å². The summed E-state index contributed by atoms with van der Waals surface area (Å²) in [5.74, 6) is -0.896. The maximum atomic E-state index is 13.7. The van der Waals surface area contributed by atoms with Crippen LogP contribution in [0.1, 0.15) is 31.2 Å². The van der Waals surface area contributed by atoms with Crippen molar-refractivity contribution >= 4 is 5.69 Å². The lowest BCUT2D eigenvalue weighted by Gasteiger charge is -2.30. The zero-order valence-electron chi connectivity index (χ0n) is 10.3. The Labute approximate surface area is 109 Å². The summed E-state index contributed by atoms with van der Waals surface area (Å²) in [5, 5.41) is 2.91. The van der Waals surface area contributed by atoms with E-state index in [0.717, 1.165) is 37.8 Å². The zero-order chi connectivity index (χ0) is 14.0. The van der Waals surface area contributed by atoms with Crippen molar-refractivity contribution in [3.63, 3.8) is 0 Å². The van der Waals surface area contributed by atoms with Crippen molar-refractivity contribution in [1.29, 1.82) is 0 Å². The first-order chi connectivity index (χ1) is 8.88. The summed E-state index contributed by atoms with van der Waals surface area (Å²) in [7, 11) is 0. The van der Waals surface area contributed by atoms with Crippen molar-refractivity contribution in [3.8, 4) is 0 Å². The van der Waals surface area contributed by atoms with Crippen LogP contribution < -0.4 is 11.1 Å². The molecule has 0 saturated heterocycles. The quantitative estimate of drug-likeness (QED) is 0.811. The molecule has 1 aliphatic rings. The highest BCUT2D eigenvalue weighted by Crippen LogP contribution is 2.32. The predicted molar refractivity (Wildman–Crippen MR) is 65.3 cm³/mol. The van der Waals surface area contributed by atoms with Gasteiger partial charge in [-0.15, -0.1) is 0 Å². The standard InChI is InChI=1S/C13H16F4N2/c14-9-7-8(13(15,16)17)5-6-11(9)19-12-4-2-1-3-10(12)18/h5-7,10,12,19H,1-4,18H2/t10-,12-/m1/s1. The Kier molecular flexibility index (Phi) is 3.99. The molecule has 106 valence electrons. The maximum absolute atomic E-state index is 13.7. The maximum Gasteiger partial charge on any atom is 0.416 e. The van der Waals surface area contributed by atoms with Gasteiger partial charge in [0.05, 0.1) is 11.3 Å². The molecule has 2 rings (SSSR count). The molecule has 0 radical (unpaired) electrons. The molecule has 1 fully saturated rings. The topological polar surface area (TPSA) is 38.0 Å². The summed E-state index contributed by atoms with van der Waals surface area (Å²) in [6, 6.07) is 2.34. The first-order valence-electron chi connectivity index (χ1n) is 6.27. The summed E-state index contributed by atoms with van der Waals surface area (Å²) in [4.78, 5) is 0. The number of benzene rings is 1. The second-order valence-corrected chi connectivity index (χ2v) is 4.89. The summed E-state index contributed by atoms with van der Waals surface area (Å²) < 4.78 is 50.9. The van der Waals surface area contributed by atoms with Gasteiger partial charge in [0.25, 0.3) is 0 Å². The molecule has 1 saturated carbocycles. The first kappa shape index (κ1) is 14.1. The molecule has 1 aromatic carbocycles. The average molecular weight is 276 g/mol. The number of nitrogens with one attached hydrogen (secondary N) is 1. The smallest absolute Gasteiger partial charge is 0.378 e. The minimum atomic E-state index is -4.53. The van der Waals surface area contributed by atoms with Gasteiger partial charge in [-0.3, -0.25) is 0 Å². The predicted octanol–water partition coefficient (Wildman–Crippen LogP) is 3.53. The minimum absolute atomic E-state index is 0.0790. The lowest BCUT2D eigenvalue weighted by Crippen LogP contribution is -2.42. The van der Waals surface area contributed by atoms with E-state index < -0.39 is 17.6 Å². The van der Waals surface area contributed by atoms with Crippen molar-refractivity contribution in [2.75, 3.05) is 5.32 Å². The third-order valence-electron chi connectivity index (χ3n) is 3.46. The highest BCUT2D eigenvalue weighted by molar-refractivity contribution is 5.48. The Balaban J connectivity index is 2.13. The van der Waals surface area contributed by atoms with E-state index in [1.807, 2.05) is 0 Å². The Morgan fingerprint density at radius 2 is 1.84 bits per heavy atom. The van der Waals surface area contributed by atoms with Crippen molar-refractivity contribution in [1.82, 2.24) is 0 Å². The molecule has 19 heavy (non-hydrogen) atoms. The van der Waals surface area contributed by atoms with E-state index in [1.165, 1.54) is 0 Å². The van der Waals surface area contributed by atoms with Crippen LogP contribution in [0.2, 0.25) is 0 Å². The molecule has 0 aromatic heterocycles. The SMILES string of the molecule is N[C@@H]1CCCC[C@H]1Nc1ccc(C(F)(F)F)cc1F. The lowest BCUT2D eigenvalue weighted by atomic mass is 9.91. The monoisotopic (exact) mass is 276 g/mol. The van der Waals surface area contributed by atoms with Gasteiger partial charge in [-0.25, -0.2) is 4.39 Å². The summed E-state index contributed by atoms with van der Waals surface area (Å²) >= 11 is 0. The van der Waals surface area contributed by atoms with E-state index in [1.54, 1.807) is 0 Å². The summed E-state index contributed by atoms with van der Waals surface area (Å²) in [6.45, 7) is 0. The third-order valence-corrected chi connectivity index (χ3v) is 3.46. The normalized spacial score (nSPS) is 24.3. The van der Waals surface area contributed by atoms with E-state index in [9.17, 15) is 17.6 Å². The van der Waals surface area contributed by atoms with Gasteiger partial charge in [0, 0.05) is 12.1 Å². The van der Waals surface area contributed by atoms with Gasteiger partial charge in [-0.2, -0.15) is 13.2 Å². The van der Waals surface area contributed by atoms with E-state index >= 15 is 0 Å². The molecule has 0 spiro atoms. The van der Waals surface area contributed by atoms with Crippen LogP contribution in [0.15, 0.2) is 18.2 Å². The number of halogens is 4. The van der Waals surface area contributed by atoms with Crippen LogP contribution in [-0.2, 0) is 6.18 Å². The molecule has 1 aromatic rings. The molecule has 3 N–H and O–H groups in total. The van der Waals surface area contributed by atoms with Gasteiger partial charge in [-0.05, 0) is 31.0 Å². The second-order valence-electron chi connectivity index (χ2n) is 4.89. The molecule has 2 nitrogen and oxygen atoms in total. The fourth-order valence-corrected chi connectivity index (χ4v) is 2.35. The fraction of sp³-hybridized carbons (Fsp3) is 0.538. The molecule has 0 unspecified atom stereocenters. The Bertz CT molecular complexity index is 445. The number of anilines is 1. The van der Waals surface area contributed by atoms with E-state index in [0.29, 0.717) is 6.07 Å². The Hall–Kier alpha value is -1.30. The van der Waals surface area contributed by atoms with Crippen LogP contribution >= 0.6 is 0 Å². The molecule has 1 aliphatic carbocycles. The van der Waals surface area contributed by atoms with E-state index in [4.69, 9.17) is 5.73 Å². The van der Waals surface area contributed by atoms with Crippen LogP contribution in [0.3, 0.4) is 0 Å². The lowest BCUT2D eigenvalue weighted by molar-refractivity contribution is -0.137. The largest absolute Gasteiger partial charge is 0.416 e. The summed E-state index contributed by atoms with van der Waals surface area (Å²) in [5.41, 5.74) is 5.01. The number of rotatable bonds is 2. The van der Waals surface area contributed by atoms with Gasteiger partial charge >= 0.3 is 6.18 Å². The van der Waals surface area contributed by atoms with Gasteiger partial charge in [0.2, 0.25) is 0 Å². The molecular formula is C13H16F4N2. The molecule has 2 atom stereocenters. The van der Waals surface area contributed by atoms with E-state index in [-0.39, 0.29) is 17.8 Å². The number of nitrogens with two attached hydrogens (primary N) is 1. The molecular weight excluding hydrogens is 260 g/mol. The highest BCUT2D eigenvalue weighted by atomic mass is 19.4. The van der Waals surface area contributed by atoms with Crippen molar-refractivity contribution in [2.24, 2.45) is 5.73 Å². The van der Waals surface area contributed by atoms with Gasteiger partial charge in [0.1, 0.15) is 5.82 Å². The van der Waals surface area contributed by atoms with Crippen molar-refractivity contribution < 1.29 is 17.6 Å². The van der Waals surface area contributed by atoms with Gasteiger partial charge < -0.3 is 11.1 Å². The molecule has 0 amide bonds. The zero-order valence-corrected chi connectivity index (χ0v) is 10.3. The molecule has 0 aliphatic heterocycles. The number of hydrogen-bond donors (Lipinski definition) is 2. The third kappa shape index (κ3) is 3.37. The first-order valence-corrected chi connectivity index (χ1v) is 6.27. The van der Waals surface area contributed by atoms with Crippen molar-refractivity contribution in [2.45, 2.75) is 43.9 Å². The van der Waals surface area contributed by atoms with E-state index in [2.05, 4.69) is 5.32 Å². The van der Waals surface area contributed by atoms with Crippen LogP contribution in [0, 0.1) is 5.82 Å². The molecule has 6 heteroatoms.